The molecule has 0 spiro atoms. The zero-order valence-corrected chi connectivity index (χ0v) is 13.3. The number of aliphatic hydroxyl groups excluding tert-OH is 1. The van der Waals surface area contributed by atoms with E-state index in [1.165, 1.54) is 38.5 Å². The Balaban J connectivity index is 1.90. The van der Waals surface area contributed by atoms with Gasteiger partial charge in [-0.1, -0.05) is 32.1 Å². The van der Waals surface area contributed by atoms with Gasteiger partial charge in [0.1, 0.15) is 0 Å². The molecule has 3 N–H and O–H groups in total. The normalized spacial score (nSPS) is 26.3. The molecular formula is C17H30N2O2. The number of hydrogen-bond donors (Lipinski definition) is 2. The lowest BCUT2D eigenvalue weighted by Crippen LogP contribution is -2.24. The van der Waals surface area contributed by atoms with Crippen LogP contribution in [-0.4, -0.2) is 30.3 Å². The maximum Gasteiger partial charge on any atom is 0.196 e. The summed E-state index contributed by atoms with van der Waals surface area (Å²) >= 11 is 0. The Bertz CT molecular complexity index is 384. The van der Waals surface area contributed by atoms with Gasteiger partial charge in [0, 0.05) is 18.9 Å². The van der Waals surface area contributed by atoms with E-state index in [4.69, 9.17) is 15.5 Å². The number of nitrogens with zero attached hydrogens (tertiary/aromatic N) is 1. The molecule has 4 heteroatoms. The fourth-order valence-electron chi connectivity index (χ4n) is 3.47. The Morgan fingerprint density at radius 2 is 2.05 bits per heavy atom. The minimum atomic E-state index is -0.980. The highest BCUT2D eigenvalue weighted by atomic mass is 16.6. The highest BCUT2D eigenvalue weighted by molar-refractivity contribution is 6.02. The van der Waals surface area contributed by atoms with Gasteiger partial charge in [-0.05, 0) is 44.1 Å². The minimum Gasteiger partial charge on any atom is -0.398 e. The second kappa shape index (κ2) is 8.54. The zero-order chi connectivity index (χ0) is 15.1. The van der Waals surface area contributed by atoms with Crippen LogP contribution in [0, 0.1) is 5.92 Å². The summed E-state index contributed by atoms with van der Waals surface area (Å²) in [5.74, 6) is 0.864. The molecule has 0 radical (unpaired) electrons. The molecule has 0 saturated heterocycles. The smallest absolute Gasteiger partial charge is 0.196 e. The molecule has 0 aromatic rings. The van der Waals surface area contributed by atoms with Crippen LogP contribution in [0.25, 0.3) is 0 Å². The van der Waals surface area contributed by atoms with Crippen molar-refractivity contribution in [1.82, 2.24) is 0 Å². The third kappa shape index (κ3) is 4.82. The van der Waals surface area contributed by atoms with Crippen molar-refractivity contribution in [2.45, 2.75) is 71.0 Å². The van der Waals surface area contributed by atoms with Gasteiger partial charge in [-0.3, -0.25) is 4.99 Å². The standard InChI is InChI=1S/C17H30N2O2/c1-2-21-17(20)16(18)14-9-6-10-15(14)19-12-11-13-7-4-3-5-8-13/h13,17,20H,2-12,18H2,1H3. The van der Waals surface area contributed by atoms with Crippen LogP contribution in [0.3, 0.4) is 0 Å². The first-order chi connectivity index (χ1) is 10.2. The summed E-state index contributed by atoms with van der Waals surface area (Å²) in [7, 11) is 0. The lowest BCUT2D eigenvalue weighted by molar-refractivity contribution is -0.0683. The first kappa shape index (κ1) is 16.5. The molecule has 1 atom stereocenters. The van der Waals surface area contributed by atoms with Gasteiger partial charge in [0.2, 0.25) is 0 Å². The first-order valence-electron chi connectivity index (χ1n) is 8.54. The van der Waals surface area contributed by atoms with Gasteiger partial charge < -0.3 is 15.6 Å². The van der Waals surface area contributed by atoms with Crippen LogP contribution >= 0.6 is 0 Å². The Labute approximate surface area is 128 Å². The average molecular weight is 294 g/mol. The summed E-state index contributed by atoms with van der Waals surface area (Å²) in [6, 6.07) is 0. The molecule has 0 aromatic heterocycles. The van der Waals surface area contributed by atoms with Crippen LogP contribution in [0.4, 0.5) is 0 Å². The summed E-state index contributed by atoms with van der Waals surface area (Å²) in [4.78, 5) is 4.77. The number of allylic oxidation sites excluding steroid dienone is 1. The summed E-state index contributed by atoms with van der Waals surface area (Å²) in [5, 5.41) is 9.87. The van der Waals surface area contributed by atoms with E-state index in [1.54, 1.807) is 0 Å². The molecule has 0 aliphatic heterocycles. The van der Waals surface area contributed by atoms with Crippen LogP contribution in [0.15, 0.2) is 16.3 Å². The van der Waals surface area contributed by atoms with E-state index >= 15 is 0 Å². The third-order valence-electron chi connectivity index (χ3n) is 4.69. The van der Waals surface area contributed by atoms with E-state index in [0.29, 0.717) is 12.3 Å². The van der Waals surface area contributed by atoms with Crippen LogP contribution in [0.2, 0.25) is 0 Å². The molecule has 0 heterocycles. The van der Waals surface area contributed by atoms with E-state index < -0.39 is 6.29 Å². The van der Waals surface area contributed by atoms with E-state index in [0.717, 1.165) is 43.0 Å². The number of aliphatic hydroxyl groups is 1. The molecule has 2 fully saturated rings. The highest BCUT2D eigenvalue weighted by Gasteiger charge is 2.22. The highest BCUT2D eigenvalue weighted by Crippen LogP contribution is 2.28. The van der Waals surface area contributed by atoms with Gasteiger partial charge in [0.15, 0.2) is 6.29 Å². The molecule has 2 aliphatic carbocycles. The Kier molecular flexibility index (Phi) is 6.71. The van der Waals surface area contributed by atoms with Crippen molar-refractivity contribution >= 4 is 5.71 Å². The summed E-state index contributed by atoms with van der Waals surface area (Å²) in [6.07, 6.45) is 10.1. The fraction of sp³-hybridized carbons (Fsp3) is 0.824. The molecule has 2 rings (SSSR count). The monoisotopic (exact) mass is 294 g/mol. The predicted molar refractivity (Wildman–Crippen MR) is 86.2 cm³/mol. The van der Waals surface area contributed by atoms with Crippen LogP contribution < -0.4 is 5.73 Å². The maximum atomic E-state index is 9.87. The molecular weight excluding hydrogens is 264 g/mol. The van der Waals surface area contributed by atoms with E-state index in [-0.39, 0.29) is 0 Å². The van der Waals surface area contributed by atoms with E-state index in [9.17, 15) is 5.11 Å². The van der Waals surface area contributed by atoms with Crippen LogP contribution in [0.5, 0.6) is 0 Å². The largest absolute Gasteiger partial charge is 0.398 e. The van der Waals surface area contributed by atoms with E-state index in [1.807, 2.05) is 6.92 Å². The van der Waals surface area contributed by atoms with Crippen molar-refractivity contribution in [3.8, 4) is 0 Å². The van der Waals surface area contributed by atoms with Crippen molar-refractivity contribution in [2.75, 3.05) is 13.2 Å². The fourth-order valence-corrected chi connectivity index (χ4v) is 3.47. The number of rotatable bonds is 6. The van der Waals surface area contributed by atoms with Crippen molar-refractivity contribution in [3.05, 3.63) is 11.3 Å². The maximum absolute atomic E-state index is 9.87. The van der Waals surface area contributed by atoms with E-state index in [2.05, 4.69) is 0 Å². The molecule has 0 aromatic carbocycles. The van der Waals surface area contributed by atoms with Gasteiger partial charge in [-0.2, -0.15) is 0 Å². The third-order valence-corrected chi connectivity index (χ3v) is 4.69. The van der Waals surface area contributed by atoms with Crippen LogP contribution in [0.1, 0.15) is 64.7 Å². The van der Waals surface area contributed by atoms with Gasteiger partial charge in [-0.25, -0.2) is 0 Å². The zero-order valence-electron chi connectivity index (χ0n) is 13.3. The molecule has 4 nitrogen and oxygen atoms in total. The molecule has 120 valence electrons. The molecule has 0 amide bonds. The molecule has 2 saturated carbocycles. The van der Waals surface area contributed by atoms with Crippen molar-refractivity contribution in [1.29, 1.82) is 0 Å². The molecule has 0 bridgehead atoms. The number of ether oxygens (including phenoxy) is 1. The van der Waals surface area contributed by atoms with Crippen LogP contribution in [-0.2, 0) is 4.74 Å². The van der Waals surface area contributed by atoms with Gasteiger partial charge in [0.05, 0.1) is 5.70 Å². The molecule has 2 aliphatic rings. The van der Waals surface area contributed by atoms with Gasteiger partial charge >= 0.3 is 0 Å². The Hall–Kier alpha value is -0.870. The van der Waals surface area contributed by atoms with Crippen molar-refractivity contribution < 1.29 is 9.84 Å². The average Bonchev–Trinajstić information content (AvgIpc) is 2.96. The first-order valence-corrected chi connectivity index (χ1v) is 8.54. The van der Waals surface area contributed by atoms with Crippen molar-refractivity contribution in [3.63, 3.8) is 0 Å². The minimum absolute atomic E-state index is 0.462. The summed E-state index contributed by atoms with van der Waals surface area (Å²) in [6.45, 7) is 3.22. The second-order valence-corrected chi connectivity index (χ2v) is 6.22. The Morgan fingerprint density at radius 3 is 2.76 bits per heavy atom. The number of aliphatic imine (C=N–C) groups is 1. The summed E-state index contributed by atoms with van der Waals surface area (Å²) < 4.78 is 5.18. The quantitative estimate of drug-likeness (QED) is 0.739. The molecule has 21 heavy (non-hydrogen) atoms. The predicted octanol–water partition coefficient (Wildman–Crippen LogP) is 3.15. The lowest BCUT2D eigenvalue weighted by atomic mass is 9.87. The SMILES string of the molecule is CCOC(O)C(N)=C1CCCC1=NCCC1CCCCC1. The molecule has 1 unspecified atom stereocenters. The van der Waals surface area contributed by atoms with Gasteiger partial charge in [0.25, 0.3) is 0 Å². The Morgan fingerprint density at radius 1 is 1.29 bits per heavy atom. The topological polar surface area (TPSA) is 67.8 Å². The lowest BCUT2D eigenvalue weighted by Gasteiger charge is -2.20. The number of nitrogens with two attached hydrogens (primary N) is 1. The number of hydrogen-bond acceptors (Lipinski definition) is 4. The van der Waals surface area contributed by atoms with Crippen molar-refractivity contribution in [2.24, 2.45) is 16.6 Å². The second-order valence-electron chi connectivity index (χ2n) is 6.22. The summed E-state index contributed by atoms with van der Waals surface area (Å²) in [5.41, 5.74) is 8.63. The van der Waals surface area contributed by atoms with Gasteiger partial charge in [-0.15, -0.1) is 0 Å².